The van der Waals surface area contributed by atoms with Crippen molar-refractivity contribution in [2.75, 3.05) is 5.73 Å². The van der Waals surface area contributed by atoms with Crippen molar-refractivity contribution in [3.8, 4) is 0 Å². The van der Waals surface area contributed by atoms with Crippen LogP contribution in [-0.2, 0) is 0 Å². The molecular weight excluding hydrogens is 274 g/mol. The van der Waals surface area contributed by atoms with E-state index < -0.39 is 23.2 Å². The third-order valence-corrected chi connectivity index (χ3v) is 3.68. The van der Waals surface area contributed by atoms with Crippen LogP contribution in [0.15, 0.2) is 42.5 Å². The van der Waals surface area contributed by atoms with Gasteiger partial charge >= 0.3 is 0 Å². The van der Waals surface area contributed by atoms with Gasteiger partial charge in [0.25, 0.3) is 5.91 Å². The summed E-state index contributed by atoms with van der Waals surface area (Å²) in [7, 11) is 0. The summed E-state index contributed by atoms with van der Waals surface area (Å²) < 4.78 is 26.7. The van der Waals surface area contributed by atoms with E-state index in [9.17, 15) is 13.6 Å². The van der Waals surface area contributed by atoms with Gasteiger partial charge in [0.05, 0.1) is 0 Å². The van der Waals surface area contributed by atoms with Gasteiger partial charge in [-0.25, -0.2) is 8.78 Å². The third kappa shape index (κ3) is 2.72. The average Bonchev–Trinajstić information content (AvgIpc) is 3.24. The van der Waals surface area contributed by atoms with E-state index in [4.69, 9.17) is 5.73 Å². The maximum atomic E-state index is 13.4. The maximum Gasteiger partial charge on any atom is 0.251 e. The molecule has 0 aromatic heterocycles. The molecule has 3 N–H and O–H groups in total. The van der Waals surface area contributed by atoms with E-state index in [1.807, 2.05) is 30.3 Å². The van der Waals surface area contributed by atoms with Crippen molar-refractivity contribution in [1.29, 1.82) is 0 Å². The number of amides is 1. The number of nitrogens with two attached hydrogens (primary N) is 1. The molecule has 0 bridgehead atoms. The number of hydrogen-bond acceptors (Lipinski definition) is 2. The topological polar surface area (TPSA) is 55.1 Å². The predicted octanol–water partition coefficient (Wildman–Crippen LogP) is 2.83. The summed E-state index contributed by atoms with van der Waals surface area (Å²) in [6, 6.07) is 11.7. The van der Waals surface area contributed by atoms with Gasteiger partial charge in [-0.1, -0.05) is 30.3 Å². The first-order valence-electron chi connectivity index (χ1n) is 6.66. The standard InChI is InChI=1S/C16H14F2N2O/c17-12-6-10(7-13(18)15(12)19)16(21)20-14-8-11(14)9-4-2-1-3-5-9/h1-7,11,14H,8,19H2,(H,20,21). The van der Waals surface area contributed by atoms with E-state index in [1.54, 1.807) is 0 Å². The summed E-state index contributed by atoms with van der Waals surface area (Å²) in [5, 5.41) is 2.78. The Labute approximate surface area is 120 Å². The molecule has 1 amide bonds. The second-order valence-corrected chi connectivity index (χ2v) is 5.19. The van der Waals surface area contributed by atoms with Crippen LogP contribution >= 0.6 is 0 Å². The van der Waals surface area contributed by atoms with Crippen LogP contribution in [0.4, 0.5) is 14.5 Å². The molecule has 1 aliphatic rings. The minimum Gasteiger partial charge on any atom is -0.394 e. The highest BCUT2D eigenvalue weighted by atomic mass is 19.1. The van der Waals surface area contributed by atoms with Gasteiger partial charge in [0.2, 0.25) is 0 Å². The molecule has 21 heavy (non-hydrogen) atoms. The molecule has 0 spiro atoms. The summed E-state index contributed by atoms with van der Waals surface area (Å²) in [5.41, 5.74) is 5.70. The van der Waals surface area contributed by atoms with Crippen LogP contribution in [0.5, 0.6) is 0 Å². The van der Waals surface area contributed by atoms with Gasteiger partial charge in [-0.2, -0.15) is 0 Å². The fourth-order valence-corrected chi connectivity index (χ4v) is 2.39. The molecule has 0 saturated heterocycles. The summed E-state index contributed by atoms with van der Waals surface area (Å²) in [5.74, 6) is -2.07. The number of anilines is 1. The van der Waals surface area contributed by atoms with Crippen LogP contribution in [-0.4, -0.2) is 11.9 Å². The lowest BCUT2D eigenvalue weighted by atomic mass is 10.1. The summed E-state index contributed by atoms with van der Waals surface area (Å²) in [6.07, 6.45) is 0.829. The second-order valence-electron chi connectivity index (χ2n) is 5.19. The van der Waals surface area contributed by atoms with Crippen molar-refractivity contribution < 1.29 is 13.6 Å². The van der Waals surface area contributed by atoms with Gasteiger partial charge in [-0.05, 0) is 24.1 Å². The highest BCUT2D eigenvalue weighted by Crippen LogP contribution is 2.40. The van der Waals surface area contributed by atoms with Crippen molar-refractivity contribution in [3.63, 3.8) is 0 Å². The lowest BCUT2D eigenvalue weighted by Gasteiger charge is -2.07. The lowest BCUT2D eigenvalue weighted by Crippen LogP contribution is -2.27. The highest BCUT2D eigenvalue weighted by Gasteiger charge is 2.39. The number of nitrogens with one attached hydrogen (secondary N) is 1. The van der Waals surface area contributed by atoms with E-state index in [-0.39, 0.29) is 17.5 Å². The fourth-order valence-electron chi connectivity index (χ4n) is 2.39. The number of nitrogen functional groups attached to an aromatic ring is 1. The van der Waals surface area contributed by atoms with E-state index in [1.165, 1.54) is 0 Å². The molecule has 0 heterocycles. The zero-order valence-corrected chi connectivity index (χ0v) is 11.1. The Balaban J connectivity index is 1.69. The van der Waals surface area contributed by atoms with Gasteiger partial charge in [0.15, 0.2) is 0 Å². The predicted molar refractivity (Wildman–Crippen MR) is 75.8 cm³/mol. The van der Waals surface area contributed by atoms with Crippen LogP contribution in [0.3, 0.4) is 0 Å². The zero-order valence-electron chi connectivity index (χ0n) is 11.1. The number of carbonyl (C=O) groups is 1. The molecule has 108 valence electrons. The normalized spacial score (nSPS) is 20.1. The molecule has 2 atom stereocenters. The highest BCUT2D eigenvalue weighted by molar-refractivity contribution is 5.95. The molecule has 2 aromatic carbocycles. The summed E-state index contributed by atoms with van der Waals surface area (Å²) in [6.45, 7) is 0. The molecule has 3 rings (SSSR count). The van der Waals surface area contributed by atoms with Crippen molar-refractivity contribution >= 4 is 11.6 Å². The molecule has 5 heteroatoms. The maximum absolute atomic E-state index is 13.4. The summed E-state index contributed by atoms with van der Waals surface area (Å²) in [4.78, 5) is 12.0. The Morgan fingerprint density at radius 2 is 1.76 bits per heavy atom. The van der Waals surface area contributed by atoms with Gasteiger partial charge in [-0.15, -0.1) is 0 Å². The van der Waals surface area contributed by atoms with Gasteiger partial charge in [-0.3, -0.25) is 4.79 Å². The number of benzene rings is 2. The Bertz CT molecular complexity index is 665. The van der Waals surface area contributed by atoms with Crippen LogP contribution in [0, 0.1) is 11.6 Å². The Morgan fingerprint density at radius 1 is 1.14 bits per heavy atom. The second kappa shape index (κ2) is 5.16. The molecule has 2 unspecified atom stereocenters. The van der Waals surface area contributed by atoms with Crippen LogP contribution < -0.4 is 11.1 Å². The molecule has 1 aliphatic carbocycles. The third-order valence-electron chi connectivity index (χ3n) is 3.68. The van der Waals surface area contributed by atoms with Gasteiger partial charge < -0.3 is 11.1 Å². The van der Waals surface area contributed by atoms with Crippen molar-refractivity contribution in [3.05, 3.63) is 65.2 Å². The van der Waals surface area contributed by atoms with Crippen LogP contribution in [0.2, 0.25) is 0 Å². The minimum atomic E-state index is -0.921. The Kier molecular flexibility index (Phi) is 3.33. The lowest BCUT2D eigenvalue weighted by molar-refractivity contribution is 0.0949. The van der Waals surface area contributed by atoms with E-state index in [2.05, 4.69) is 5.32 Å². The first kappa shape index (κ1) is 13.5. The molecule has 3 nitrogen and oxygen atoms in total. The number of hydrogen-bond donors (Lipinski definition) is 2. The molecule has 0 radical (unpaired) electrons. The number of halogens is 2. The fraction of sp³-hybridized carbons (Fsp3) is 0.188. The smallest absolute Gasteiger partial charge is 0.251 e. The van der Waals surface area contributed by atoms with Crippen molar-refractivity contribution in [2.24, 2.45) is 0 Å². The van der Waals surface area contributed by atoms with Crippen LogP contribution in [0.1, 0.15) is 28.3 Å². The van der Waals surface area contributed by atoms with Gasteiger partial charge in [0, 0.05) is 17.5 Å². The molecular formula is C16H14F2N2O. The quantitative estimate of drug-likeness (QED) is 0.853. The first-order valence-corrected chi connectivity index (χ1v) is 6.66. The SMILES string of the molecule is Nc1c(F)cc(C(=O)NC2CC2c2ccccc2)cc1F. The van der Waals surface area contributed by atoms with Crippen molar-refractivity contribution in [1.82, 2.24) is 5.32 Å². The first-order chi connectivity index (χ1) is 10.1. The monoisotopic (exact) mass is 288 g/mol. The average molecular weight is 288 g/mol. The Morgan fingerprint density at radius 3 is 2.38 bits per heavy atom. The number of carbonyl (C=O) groups excluding carboxylic acids is 1. The van der Waals surface area contributed by atoms with E-state index >= 15 is 0 Å². The Hall–Kier alpha value is -2.43. The zero-order chi connectivity index (χ0) is 15.0. The molecule has 2 aromatic rings. The molecule has 0 aliphatic heterocycles. The van der Waals surface area contributed by atoms with E-state index in [0.717, 1.165) is 24.1 Å². The van der Waals surface area contributed by atoms with Crippen LogP contribution in [0.25, 0.3) is 0 Å². The summed E-state index contributed by atoms with van der Waals surface area (Å²) >= 11 is 0. The molecule has 1 fully saturated rings. The van der Waals surface area contributed by atoms with Crippen molar-refractivity contribution in [2.45, 2.75) is 18.4 Å². The van der Waals surface area contributed by atoms with Gasteiger partial charge in [0.1, 0.15) is 17.3 Å². The van der Waals surface area contributed by atoms with E-state index in [0.29, 0.717) is 0 Å². The largest absolute Gasteiger partial charge is 0.394 e. The number of rotatable bonds is 3. The molecule has 1 saturated carbocycles. The minimum absolute atomic E-state index is 0.00331.